The molecule has 234 valence electrons. The smallest absolute Gasteiger partial charge is 0.0540 e. The Morgan fingerprint density at radius 2 is 0.940 bits per heavy atom. The lowest BCUT2D eigenvalue weighted by Gasteiger charge is -2.28. The molecule has 10 rings (SSSR count). The number of benzene rings is 9. The van der Waals surface area contributed by atoms with Gasteiger partial charge in [0.05, 0.1) is 5.69 Å². The SMILES string of the molecule is c1ccc(N(c2ccc(-c3ccc4ccccc4c3)cc2)c2ccc3c(c2)sc2ccccc23)c(-c2cc3ccccc3c3ccccc23)c1. The largest absolute Gasteiger partial charge is 0.310 e. The van der Waals surface area contributed by atoms with Gasteiger partial charge in [-0.1, -0.05) is 140 Å². The van der Waals surface area contributed by atoms with Gasteiger partial charge in [0.1, 0.15) is 0 Å². The van der Waals surface area contributed by atoms with Gasteiger partial charge in [0.2, 0.25) is 0 Å². The summed E-state index contributed by atoms with van der Waals surface area (Å²) in [6.07, 6.45) is 0. The monoisotopic (exact) mass is 653 g/mol. The fraction of sp³-hybridized carbons (Fsp3) is 0. The van der Waals surface area contributed by atoms with Crippen LogP contribution in [0.25, 0.3) is 74.7 Å². The van der Waals surface area contributed by atoms with Gasteiger partial charge in [-0.2, -0.15) is 0 Å². The Labute approximate surface area is 294 Å². The lowest BCUT2D eigenvalue weighted by atomic mass is 9.92. The molecule has 0 fully saturated rings. The van der Waals surface area contributed by atoms with Crippen LogP contribution < -0.4 is 4.90 Å². The van der Waals surface area contributed by atoms with Gasteiger partial charge >= 0.3 is 0 Å². The number of nitrogens with zero attached hydrogens (tertiary/aromatic N) is 1. The summed E-state index contributed by atoms with van der Waals surface area (Å²) in [6.45, 7) is 0. The van der Waals surface area contributed by atoms with Gasteiger partial charge in [0.15, 0.2) is 0 Å². The number of para-hydroxylation sites is 1. The first-order valence-corrected chi connectivity index (χ1v) is 17.9. The first-order valence-electron chi connectivity index (χ1n) is 17.1. The van der Waals surface area contributed by atoms with E-state index < -0.39 is 0 Å². The number of hydrogen-bond donors (Lipinski definition) is 0. The van der Waals surface area contributed by atoms with Gasteiger partial charge in [-0.3, -0.25) is 0 Å². The number of rotatable bonds is 5. The summed E-state index contributed by atoms with van der Waals surface area (Å²) < 4.78 is 2.60. The average molecular weight is 654 g/mol. The Bertz CT molecular complexity index is 2880. The van der Waals surface area contributed by atoms with Crippen molar-refractivity contribution in [3.05, 3.63) is 188 Å². The van der Waals surface area contributed by atoms with Crippen molar-refractivity contribution in [1.29, 1.82) is 0 Å². The predicted molar refractivity (Wildman–Crippen MR) is 217 cm³/mol. The third kappa shape index (κ3) is 4.76. The Balaban J connectivity index is 1.18. The molecular weight excluding hydrogens is 623 g/mol. The highest BCUT2D eigenvalue weighted by Crippen LogP contribution is 2.46. The maximum Gasteiger partial charge on any atom is 0.0540 e. The molecule has 0 unspecified atom stereocenters. The predicted octanol–water partition coefficient (Wildman–Crippen LogP) is 14.3. The first kappa shape index (κ1) is 28.8. The Morgan fingerprint density at radius 3 is 1.80 bits per heavy atom. The van der Waals surface area contributed by atoms with E-state index >= 15 is 0 Å². The molecule has 0 aliphatic heterocycles. The van der Waals surface area contributed by atoms with Crippen molar-refractivity contribution < 1.29 is 0 Å². The number of anilines is 3. The lowest BCUT2D eigenvalue weighted by Crippen LogP contribution is -2.11. The van der Waals surface area contributed by atoms with Crippen molar-refractivity contribution in [2.24, 2.45) is 0 Å². The van der Waals surface area contributed by atoms with Gasteiger partial charge in [0.25, 0.3) is 0 Å². The van der Waals surface area contributed by atoms with Crippen LogP contribution in [0.3, 0.4) is 0 Å². The molecule has 1 nitrogen and oxygen atoms in total. The van der Waals surface area contributed by atoms with Crippen LogP contribution in [0.4, 0.5) is 17.1 Å². The fourth-order valence-electron chi connectivity index (χ4n) is 7.63. The van der Waals surface area contributed by atoms with E-state index in [1.807, 2.05) is 11.3 Å². The van der Waals surface area contributed by atoms with Crippen LogP contribution in [0.15, 0.2) is 188 Å². The average Bonchev–Trinajstić information content (AvgIpc) is 3.56. The molecule has 0 atom stereocenters. The minimum atomic E-state index is 1.12. The summed E-state index contributed by atoms with van der Waals surface area (Å²) in [5.41, 5.74) is 8.25. The molecule has 0 saturated heterocycles. The molecule has 0 bridgehead atoms. The second kappa shape index (κ2) is 11.7. The van der Waals surface area contributed by atoms with Crippen LogP contribution in [0.5, 0.6) is 0 Å². The van der Waals surface area contributed by atoms with E-state index in [1.165, 1.54) is 74.7 Å². The molecule has 0 amide bonds. The number of hydrogen-bond acceptors (Lipinski definition) is 2. The van der Waals surface area contributed by atoms with Crippen LogP contribution in [0, 0.1) is 0 Å². The maximum atomic E-state index is 2.44. The van der Waals surface area contributed by atoms with E-state index in [9.17, 15) is 0 Å². The highest BCUT2D eigenvalue weighted by atomic mass is 32.1. The van der Waals surface area contributed by atoms with Crippen molar-refractivity contribution >= 4 is 80.9 Å². The van der Waals surface area contributed by atoms with E-state index in [0.29, 0.717) is 0 Å². The highest BCUT2D eigenvalue weighted by Gasteiger charge is 2.20. The Morgan fingerprint density at radius 1 is 0.320 bits per heavy atom. The molecule has 50 heavy (non-hydrogen) atoms. The van der Waals surface area contributed by atoms with Crippen LogP contribution >= 0.6 is 11.3 Å². The minimum absolute atomic E-state index is 1.12. The summed E-state index contributed by atoms with van der Waals surface area (Å²) in [4.78, 5) is 2.44. The summed E-state index contributed by atoms with van der Waals surface area (Å²) in [5.74, 6) is 0. The molecule has 0 radical (unpaired) electrons. The Kier molecular flexibility index (Phi) is 6.75. The van der Waals surface area contributed by atoms with Crippen molar-refractivity contribution in [2.75, 3.05) is 4.90 Å². The fourth-order valence-corrected chi connectivity index (χ4v) is 8.77. The normalized spacial score (nSPS) is 11.6. The quantitative estimate of drug-likeness (QED) is 0.167. The second-order valence-electron chi connectivity index (χ2n) is 12.9. The van der Waals surface area contributed by atoms with E-state index in [0.717, 1.165) is 17.1 Å². The van der Waals surface area contributed by atoms with Crippen LogP contribution in [0.1, 0.15) is 0 Å². The molecule has 9 aromatic carbocycles. The second-order valence-corrected chi connectivity index (χ2v) is 14.0. The van der Waals surface area contributed by atoms with Gasteiger partial charge in [-0.25, -0.2) is 0 Å². The van der Waals surface area contributed by atoms with Gasteiger partial charge in [-0.05, 0) is 97.5 Å². The summed E-state index contributed by atoms with van der Waals surface area (Å²) >= 11 is 1.86. The molecule has 0 aliphatic rings. The lowest BCUT2D eigenvalue weighted by molar-refractivity contribution is 1.29. The zero-order valence-electron chi connectivity index (χ0n) is 27.3. The van der Waals surface area contributed by atoms with E-state index in [1.54, 1.807) is 0 Å². The molecule has 2 heteroatoms. The Hall–Kier alpha value is -6.22. The number of thiophene rings is 1. The van der Waals surface area contributed by atoms with Crippen LogP contribution in [0.2, 0.25) is 0 Å². The zero-order chi connectivity index (χ0) is 33.0. The molecule has 0 N–H and O–H groups in total. The van der Waals surface area contributed by atoms with E-state index in [2.05, 4.69) is 193 Å². The van der Waals surface area contributed by atoms with Gasteiger partial charge in [0, 0.05) is 37.1 Å². The summed E-state index contributed by atoms with van der Waals surface area (Å²) in [6, 6.07) is 68.8. The minimum Gasteiger partial charge on any atom is -0.310 e. The molecule has 1 aromatic heterocycles. The third-order valence-electron chi connectivity index (χ3n) is 10.0. The third-order valence-corrected chi connectivity index (χ3v) is 11.2. The molecule has 1 heterocycles. The molecule has 0 aliphatic carbocycles. The molecule has 0 spiro atoms. The molecular formula is C48H31NS. The standard InChI is InChI=1S/C48H31NS/c1-2-12-34-29-35(22-21-32(34)11-1)33-23-25-37(26-24-33)49(38-27-28-44-43-18-8-10-20-47(43)50-48(44)31-38)46-19-9-7-17-42(46)45-30-36-13-3-4-14-39(36)40-15-5-6-16-41(40)45/h1-31H. The first-order chi connectivity index (χ1) is 24.8. The number of fused-ring (bicyclic) bond motifs is 7. The highest BCUT2D eigenvalue weighted by molar-refractivity contribution is 7.25. The van der Waals surface area contributed by atoms with Gasteiger partial charge in [-0.15, -0.1) is 11.3 Å². The van der Waals surface area contributed by atoms with Crippen molar-refractivity contribution in [3.63, 3.8) is 0 Å². The summed E-state index contributed by atoms with van der Waals surface area (Å²) in [5, 5.41) is 10.2. The van der Waals surface area contributed by atoms with Crippen LogP contribution in [-0.4, -0.2) is 0 Å². The van der Waals surface area contributed by atoms with E-state index in [-0.39, 0.29) is 0 Å². The maximum absolute atomic E-state index is 2.44. The van der Waals surface area contributed by atoms with Crippen molar-refractivity contribution in [3.8, 4) is 22.3 Å². The molecule has 0 saturated carbocycles. The van der Waals surface area contributed by atoms with Gasteiger partial charge < -0.3 is 4.90 Å². The topological polar surface area (TPSA) is 3.24 Å². The van der Waals surface area contributed by atoms with Crippen molar-refractivity contribution in [2.45, 2.75) is 0 Å². The van der Waals surface area contributed by atoms with Crippen LogP contribution in [-0.2, 0) is 0 Å². The zero-order valence-corrected chi connectivity index (χ0v) is 28.1. The van der Waals surface area contributed by atoms with Crippen molar-refractivity contribution in [1.82, 2.24) is 0 Å². The molecule has 10 aromatic rings. The van der Waals surface area contributed by atoms with E-state index in [4.69, 9.17) is 0 Å². The summed E-state index contributed by atoms with van der Waals surface area (Å²) in [7, 11) is 0.